The molecule has 7 heteroatoms. The van der Waals surface area contributed by atoms with Crippen molar-refractivity contribution in [1.82, 2.24) is 10.2 Å². The van der Waals surface area contributed by atoms with Gasteiger partial charge in [-0.2, -0.15) is 0 Å². The number of ether oxygens (including phenoxy) is 2. The van der Waals surface area contributed by atoms with Crippen LogP contribution in [0.25, 0.3) is 0 Å². The lowest BCUT2D eigenvalue weighted by Crippen LogP contribution is -2.41. The molecule has 0 aliphatic carbocycles. The van der Waals surface area contributed by atoms with Crippen molar-refractivity contribution in [2.45, 2.75) is 59.1 Å². The van der Waals surface area contributed by atoms with Crippen LogP contribution in [0.2, 0.25) is 0 Å². The molecule has 0 fully saturated rings. The fraction of sp³-hybridized carbons (Fsp3) is 0.875. The lowest BCUT2D eigenvalue weighted by atomic mass is 10.2. The molecule has 0 bridgehead atoms. The number of aliphatic imine (C=N–C) groups is 1. The van der Waals surface area contributed by atoms with Crippen LogP contribution in [0, 0.1) is 0 Å². The molecule has 1 atom stereocenters. The van der Waals surface area contributed by atoms with E-state index in [1.54, 1.807) is 11.9 Å². The van der Waals surface area contributed by atoms with Gasteiger partial charge in [0, 0.05) is 39.4 Å². The van der Waals surface area contributed by atoms with E-state index in [0.717, 1.165) is 19.4 Å². The van der Waals surface area contributed by atoms with Crippen LogP contribution in [0.1, 0.15) is 47.5 Å². The van der Waals surface area contributed by atoms with Gasteiger partial charge in [-0.05, 0) is 47.5 Å². The lowest BCUT2D eigenvalue weighted by Gasteiger charge is -2.28. The van der Waals surface area contributed by atoms with Crippen molar-refractivity contribution < 1.29 is 14.3 Å². The molecule has 0 saturated heterocycles. The molecule has 0 saturated carbocycles. The Balaban J connectivity index is 3.97. The van der Waals surface area contributed by atoms with Gasteiger partial charge in [0.2, 0.25) is 0 Å². The molecule has 3 N–H and O–H groups in total. The molecule has 1 amide bonds. The van der Waals surface area contributed by atoms with Gasteiger partial charge >= 0.3 is 6.09 Å². The maximum atomic E-state index is 11.9. The number of rotatable bonds is 9. The zero-order chi connectivity index (χ0) is 17.9. The average molecular weight is 330 g/mol. The van der Waals surface area contributed by atoms with Crippen molar-refractivity contribution in [2.75, 3.05) is 33.4 Å². The molecule has 0 aromatic carbocycles. The summed E-state index contributed by atoms with van der Waals surface area (Å²) in [5.74, 6) is 0.425. The summed E-state index contributed by atoms with van der Waals surface area (Å²) in [7, 11) is 1.74. The van der Waals surface area contributed by atoms with Crippen LogP contribution < -0.4 is 11.1 Å². The zero-order valence-electron chi connectivity index (χ0n) is 15.5. The van der Waals surface area contributed by atoms with Crippen molar-refractivity contribution in [3.8, 4) is 0 Å². The van der Waals surface area contributed by atoms with Crippen LogP contribution in [0.15, 0.2) is 4.99 Å². The molecule has 23 heavy (non-hydrogen) atoms. The Hall–Kier alpha value is -1.50. The van der Waals surface area contributed by atoms with Gasteiger partial charge in [0.1, 0.15) is 5.60 Å². The molecule has 1 unspecified atom stereocenters. The summed E-state index contributed by atoms with van der Waals surface area (Å²) in [6, 6.07) is 0.0445. The minimum atomic E-state index is -0.484. The molecule has 0 spiro atoms. The quantitative estimate of drug-likeness (QED) is 0.383. The topological polar surface area (TPSA) is 89.2 Å². The van der Waals surface area contributed by atoms with Crippen LogP contribution in [0.3, 0.4) is 0 Å². The van der Waals surface area contributed by atoms with Crippen molar-refractivity contribution in [1.29, 1.82) is 0 Å². The third kappa shape index (κ3) is 11.7. The van der Waals surface area contributed by atoms with Gasteiger partial charge < -0.3 is 25.4 Å². The Kier molecular flexibility index (Phi) is 10.4. The van der Waals surface area contributed by atoms with Crippen LogP contribution >= 0.6 is 0 Å². The van der Waals surface area contributed by atoms with E-state index >= 15 is 0 Å². The number of guanidine groups is 1. The van der Waals surface area contributed by atoms with Crippen molar-refractivity contribution in [3.05, 3.63) is 0 Å². The highest BCUT2D eigenvalue weighted by Crippen LogP contribution is 2.11. The molecule has 0 aliphatic rings. The Morgan fingerprint density at radius 3 is 2.61 bits per heavy atom. The highest BCUT2D eigenvalue weighted by molar-refractivity contribution is 5.77. The standard InChI is InChI=1S/C16H34N4O3/c1-7-22-12-8-10-18-14(17)19-11-9-13(2)20(6)15(21)23-16(3,4)5/h13H,7-12H2,1-6H3,(H3,17,18,19). The molecule has 0 heterocycles. The number of nitrogens with one attached hydrogen (secondary N) is 1. The predicted octanol–water partition coefficient (Wildman–Crippen LogP) is 1.96. The summed E-state index contributed by atoms with van der Waals surface area (Å²) >= 11 is 0. The monoisotopic (exact) mass is 330 g/mol. The highest BCUT2D eigenvalue weighted by atomic mass is 16.6. The van der Waals surface area contributed by atoms with E-state index in [9.17, 15) is 4.79 Å². The first-order valence-corrected chi connectivity index (χ1v) is 8.24. The van der Waals surface area contributed by atoms with Crippen molar-refractivity contribution in [3.63, 3.8) is 0 Å². The maximum Gasteiger partial charge on any atom is 0.410 e. The van der Waals surface area contributed by atoms with Gasteiger partial charge in [-0.15, -0.1) is 0 Å². The third-order valence-corrected chi connectivity index (χ3v) is 3.14. The summed E-state index contributed by atoms with van der Waals surface area (Å²) < 4.78 is 10.6. The number of nitrogens with zero attached hydrogens (tertiary/aromatic N) is 2. The van der Waals surface area contributed by atoms with E-state index < -0.39 is 5.60 Å². The average Bonchev–Trinajstić information content (AvgIpc) is 2.44. The van der Waals surface area contributed by atoms with Crippen molar-refractivity contribution >= 4 is 12.1 Å². The summed E-state index contributed by atoms with van der Waals surface area (Å²) in [6.07, 6.45) is 1.29. The molecule has 0 aromatic rings. The summed E-state index contributed by atoms with van der Waals surface area (Å²) in [4.78, 5) is 17.8. The van der Waals surface area contributed by atoms with Gasteiger partial charge in [0.15, 0.2) is 5.96 Å². The first-order valence-electron chi connectivity index (χ1n) is 8.24. The SMILES string of the molecule is CCOCCCN=C(N)NCCC(C)N(C)C(=O)OC(C)(C)C. The van der Waals surface area contributed by atoms with E-state index in [2.05, 4.69) is 10.3 Å². The van der Waals surface area contributed by atoms with Crippen LogP contribution in [0.4, 0.5) is 4.79 Å². The molecule has 136 valence electrons. The third-order valence-electron chi connectivity index (χ3n) is 3.14. The molecule has 0 radical (unpaired) electrons. The Labute approximate surface area is 140 Å². The second-order valence-corrected chi connectivity index (χ2v) is 6.47. The Morgan fingerprint density at radius 2 is 2.04 bits per heavy atom. The number of carbonyl (C=O) groups is 1. The largest absolute Gasteiger partial charge is 0.444 e. The number of hydrogen-bond donors (Lipinski definition) is 2. The normalized spacial score (nSPS) is 13.6. The second-order valence-electron chi connectivity index (χ2n) is 6.47. The predicted molar refractivity (Wildman–Crippen MR) is 93.7 cm³/mol. The van der Waals surface area contributed by atoms with Crippen LogP contribution in [-0.2, 0) is 9.47 Å². The van der Waals surface area contributed by atoms with E-state index in [1.807, 2.05) is 34.6 Å². The molecule has 0 aromatic heterocycles. The Bertz CT molecular complexity index is 367. The number of hydrogen-bond acceptors (Lipinski definition) is 4. The van der Waals surface area contributed by atoms with Gasteiger partial charge in [0.05, 0.1) is 0 Å². The number of nitrogens with two attached hydrogens (primary N) is 1. The first kappa shape index (κ1) is 21.5. The van der Waals surface area contributed by atoms with Crippen molar-refractivity contribution in [2.24, 2.45) is 10.7 Å². The zero-order valence-corrected chi connectivity index (χ0v) is 15.5. The van der Waals surface area contributed by atoms with Gasteiger partial charge in [-0.1, -0.05) is 0 Å². The second kappa shape index (κ2) is 11.1. The minimum Gasteiger partial charge on any atom is -0.444 e. The molecular formula is C16H34N4O3. The van der Waals surface area contributed by atoms with E-state index in [-0.39, 0.29) is 12.1 Å². The highest BCUT2D eigenvalue weighted by Gasteiger charge is 2.22. The fourth-order valence-corrected chi connectivity index (χ4v) is 1.68. The summed E-state index contributed by atoms with van der Waals surface area (Å²) in [5.41, 5.74) is 5.30. The fourth-order valence-electron chi connectivity index (χ4n) is 1.68. The van der Waals surface area contributed by atoms with Crippen LogP contribution in [-0.4, -0.2) is 61.9 Å². The maximum absolute atomic E-state index is 11.9. The van der Waals surface area contributed by atoms with E-state index in [0.29, 0.717) is 25.7 Å². The van der Waals surface area contributed by atoms with Gasteiger partial charge in [-0.25, -0.2) is 4.79 Å². The first-order chi connectivity index (χ1) is 10.7. The van der Waals surface area contributed by atoms with E-state index in [1.165, 1.54) is 0 Å². The van der Waals surface area contributed by atoms with E-state index in [4.69, 9.17) is 15.2 Å². The van der Waals surface area contributed by atoms with Crippen LogP contribution in [0.5, 0.6) is 0 Å². The molecule has 0 aliphatic heterocycles. The summed E-state index contributed by atoms with van der Waals surface area (Å²) in [6.45, 7) is 12.2. The minimum absolute atomic E-state index is 0.0445. The molecular weight excluding hydrogens is 296 g/mol. The summed E-state index contributed by atoms with van der Waals surface area (Å²) in [5, 5.41) is 3.05. The lowest BCUT2D eigenvalue weighted by molar-refractivity contribution is 0.0231. The molecule has 0 rings (SSSR count). The smallest absolute Gasteiger partial charge is 0.410 e. The van der Waals surface area contributed by atoms with Gasteiger partial charge in [-0.3, -0.25) is 4.99 Å². The number of amides is 1. The van der Waals surface area contributed by atoms with Gasteiger partial charge in [0.25, 0.3) is 0 Å². The Morgan fingerprint density at radius 1 is 1.39 bits per heavy atom. The number of carbonyl (C=O) groups excluding carboxylic acids is 1. The molecule has 7 nitrogen and oxygen atoms in total.